The SMILES string of the molecule is CCC(C)O.[H-].[H-].[Mg+2]. The predicted molar refractivity (Wildman–Crippen MR) is 29.9 cm³/mol. The van der Waals surface area contributed by atoms with Gasteiger partial charge in [0.15, 0.2) is 0 Å². The van der Waals surface area contributed by atoms with E-state index >= 15 is 0 Å². The fourth-order valence-electron chi connectivity index (χ4n) is 0. The van der Waals surface area contributed by atoms with Crippen LogP contribution in [0, 0.1) is 0 Å². The second-order valence-electron chi connectivity index (χ2n) is 1.26. The van der Waals surface area contributed by atoms with Crippen LogP contribution in [-0.4, -0.2) is 34.3 Å². The van der Waals surface area contributed by atoms with Crippen molar-refractivity contribution >= 4 is 23.1 Å². The second-order valence-corrected chi connectivity index (χ2v) is 1.26. The van der Waals surface area contributed by atoms with Crippen LogP contribution >= 0.6 is 0 Å². The largest absolute Gasteiger partial charge is 2.00 e. The first-order chi connectivity index (χ1) is 2.27. The topological polar surface area (TPSA) is 20.2 Å². The van der Waals surface area contributed by atoms with E-state index in [0.717, 1.165) is 6.42 Å². The van der Waals surface area contributed by atoms with Crippen LogP contribution in [-0.2, 0) is 0 Å². The van der Waals surface area contributed by atoms with Crippen LogP contribution in [0.4, 0.5) is 0 Å². The van der Waals surface area contributed by atoms with Gasteiger partial charge in [-0.2, -0.15) is 0 Å². The molecule has 1 nitrogen and oxygen atoms in total. The van der Waals surface area contributed by atoms with Gasteiger partial charge in [-0.15, -0.1) is 0 Å². The van der Waals surface area contributed by atoms with Gasteiger partial charge in [-0.1, -0.05) is 6.92 Å². The fraction of sp³-hybridized carbons (Fsp3) is 1.00. The van der Waals surface area contributed by atoms with Crippen LogP contribution < -0.4 is 0 Å². The number of aliphatic hydroxyl groups excluding tert-OH is 1. The fourth-order valence-corrected chi connectivity index (χ4v) is 0. The van der Waals surface area contributed by atoms with Gasteiger partial charge in [-0.25, -0.2) is 0 Å². The monoisotopic (exact) mass is 100 g/mol. The minimum absolute atomic E-state index is 0. The Morgan fingerprint density at radius 1 is 1.83 bits per heavy atom. The molecule has 1 atom stereocenters. The molecule has 6 heavy (non-hydrogen) atoms. The Morgan fingerprint density at radius 2 is 2.00 bits per heavy atom. The minimum Gasteiger partial charge on any atom is -1.00 e. The molecule has 1 unspecified atom stereocenters. The third-order valence-electron chi connectivity index (χ3n) is 0.591. The molecule has 0 saturated carbocycles. The van der Waals surface area contributed by atoms with E-state index in [9.17, 15) is 0 Å². The van der Waals surface area contributed by atoms with Crippen molar-refractivity contribution in [3.05, 3.63) is 0 Å². The predicted octanol–water partition coefficient (Wildman–Crippen LogP) is 0.621. The molecule has 0 heterocycles. The summed E-state index contributed by atoms with van der Waals surface area (Å²) in [5.74, 6) is 0. The van der Waals surface area contributed by atoms with Crippen LogP contribution in [0.25, 0.3) is 0 Å². The first kappa shape index (κ1) is 9.87. The summed E-state index contributed by atoms with van der Waals surface area (Å²) in [6.45, 7) is 3.73. The van der Waals surface area contributed by atoms with E-state index < -0.39 is 0 Å². The van der Waals surface area contributed by atoms with Crippen molar-refractivity contribution in [2.45, 2.75) is 26.4 Å². The van der Waals surface area contributed by atoms with E-state index in [1.54, 1.807) is 6.92 Å². The first-order valence-corrected chi connectivity index (χ1v) is 1.95. The summed E-state index contributed by atoms with van der Waals surface area (Å²) in [5, 5.41) is 8.36. The Bertz CT molecular complexity index is 28.0. The zero-order valence-electron chi connectivity index (χ0n) is 6.44. The maximum atomic E-state index is 8.36. The summed E-state index contributed by atoms with van der Waals surface area (Å²) in [5.41, 5.74) is 0. The van der Waals surface area contributed by atoms with E-state index in [1.165, 1.54) is 0 Å². The third kappa shape index (κ3) is 8.83. The van der Waals surface area contributed by atoms with E-state index in [2.05, 4.69) is 0 Å². The van der Waals surface area contributed by atoms with Crippen LogP contribution in [0.3, 0.4) is 0 Å². The Labute approximate surface area is 57.9 Å². The molecule has 0 aromatic rings. The van der Waals surface area contributed by atoms with Gasteiger partial charge in [0.05, 0.1) is 6.10 Å². The molecule has 1 N–H and O–H groups in total. The zero-order valence-corrected chi connectivity index (χ0v) is 5.85. The van der Waals surface area contributed by atoms with Crippen LogP contribution in [0.15, 0.2) is 0 Å². The second kappa shape index (κ2) is 5.73. The molecule has 0 amide bonds. The summed E-state index contributed by atoms with van der Waals surface area (Å²) >= 11 is 0. The molecule has 0 aromatic carbocycles. The standard InChI is InChI=1S/C4H10O.Mg.2H/c1-3-4(2)5;;;/h4-5H,3H2,1-2H3;;;/q;+2;2*-1. The van der Waals surface area contributed by atoms with E-state index in [0.29, 0.717) is 0 Å². The first-order valence-electron chi connectivity index (χ1n) is 1.95. The van der Waals surface area contributed by atoms with Gasteiger partial charge in [0.1, 0.15) is 0 Å². The number of rotatable bonds is 1. The molecular formula is C4H12MgO. The van der Waals surface area contributed by atoms with Gasteiger partial charge in [0.25, 0.3) is 0 Å². The molecule has 36 valence electrons. The van der Waals surface area contributed by atoms with Crippen molar-refractivity contribution in [2.75, 3.05) is 0 Å². The molecule has 0 aromatic heterocycles. The Hall–Kier alpha value is 0.726. The molecule has 2 heteroatoms. The quantitative estimate of drug-likeness (QED) is 0.479. The van der Waals surface area contributed by atoms with Gasteiger partial charge in [-0.05, 0) is 13.3 Å². The normalized spacial score (nSPS) is 12.5. The van der Waals surface area contributed by atoms with E-state index in [1.807, 2.05) is 6.92 Å². The van der Waals surface area contributed by atoms with Gasteiger partial charge < -0.3 is 7.96 Å². The van der Waals surface area contributed by atoms with Crippen LogP contribution in [0.5, 0.6) is 0 Å². The average molecular weight is 100 g/mol. The zero-order chi connectivity index (χ0) is 4.28. The minimum atomic E-state index is -0.116. The van der Waals surface area contributed by atoms with Crippen molar-refractivity contribution in [3.8, 4) is 0 Å². The maximum absolute atomic E-state index is 8.36. The Morgan fingerprint density at radius 3 is 2.00 bits per heavy atom. The van der Waals surface area contributed by atoms with Crippen LogP contribution in [0.2, 0.25) is 0 Å². The molecule has 0 bridgehead atoms. The van der Waals surface area contributed by atoms with Crippen molar-refractivity contribution in [1.29, 1.82) is 0 Å². The van der Waals surface area contributed by atoms with E-state index in [4.69, 9.17) is 5.11 Å². The molecule has 0 fully saturated rings. The summed E-state index contributed by atoms with van der Waals surface area (Å²) in [6, 6.07) is 0. The molecular weight excluding hydrogens is 88.3 g/mol. The molecule has 0 spiro atoms. The molecule has 0 rings (SSSR count). The summed E-state index contributed by atoms with van der Waals surface area (Å²) in [6.07, 6.45) is 0.745. The van der Waals surface area contributed by atoms with Crippen molar-refractivity contribution in [3.63, 3.8) is 0 Å². The summed E-state index contributed by atoms with van der Waals surface area (Å²) < 4.78 is 0. The van der Waals surface area contributed by atoms with E-state index in [-0.39, 0.29) is 32.0 Å². The molecule has 0 saturated heterocycles. The summed E-state index contributed by atoms with van der Waals surface area (Å²) in [7, 11) is 0. The van der Waals surface area contributed by atoms with Gasteiger partial charge >= 0.3 is 23.1 Å². The molecule has 0 radical (unpaired) electrons. The average Bonchev–Trinajstić information content (AvgIpc) is 1.38. The van der Waals surface area contributed by atoms with Crippen molar-refractivity contribution in [1.82, 2.24) is 0 Å². The molecule has 0 aliphatic rings. The maximum Gasteiger partial charge on any atom is 2.00 e. The Balaban J connectivity index is -0.0000000267. The smallest absolute Gasteiger partial charge is 1.00 e. The Kier molecular flexibility index (Phi) is 9.42. The summed E-state index contributed by atoms with van der Waals surface area (Å²) in [4.78, 5) is 0. The number of hydrogen-bond acceptors (Lipinski definition) is 1. The molecule has 0 aliphatic heterocycles. The van der Waals surface area contributed by atoms with Crippen molar-refractivity contribution < 1.29 is 7.96 Å². The van der Waals surface area contributed by atoms with Gasteiger partial charge in [0, 0.05) is 0 Å². The molecule has 0 aliphatic carbocycles. The van der Waals surface area contributed by atoms with Gasteiger partial charge in [-0.3, -0.25) is 0 Å². The number of hydrogen-bond donors (Lipinski definition) is 1. The van der Waals surface area contributed by atoms with Crippen molar-refractivity contribution in [2.24, 2.45) is 0 Å². The van der Waals surface area contributed by atoms with Crippen LogP contribution in [0.1, 0.15) is 23.1 Å². The number of aliphatic hydroxyl groups is 1. The van der Waals surface area contributed by atoms with Gasteiger partial charge in [0.2, 0.25) is 0 Å². The third-order valence-corrected chi connectivity index (χ3v) is 0.591.